The average molecular weight is 592 g/mol. The van der Waals surface area contributed by atoms with Crippen molar-refractivity contribution in [1.29, 1.82) is 0 Å². The molecule has 7 nitrogen and oxygen atoms in total. The van der Waals surface area contributed by atoms with Crippen molar-refractivity contribution in [3.63, 3.8) is 0 Å². The number of nitrogens with zero attached hydrogens (tertiary/aromatic N) is 2. The molecule has 38 heavy (non-hydrogen) atoms. The molecule has 2 heterocycles. The van der Waals surface area contributed by atoms with Gasteiger partial charge in [0.1, 0.15) is 5.75 Å². The first-order chi connectivity index (χ1) is 18.0. The molecule has 1 fully saturated rings. The normalized spacial score (nSPS) is 16.9. The third kappa shape index (κ3) is 4.24. The lowest BCUT2D eigenvalue weighted by atomic mass is 10.1. The summed E-state index contributed by atoms with van der Waals surface area (Å²) >= 11 is 24.5. The number of fused-ring (bicyclic) bond motifs is 1. The van der Waals surface area contributed by atoms with Crippen LogP contribution in [0.5, 0.6) is 5.75 Å². The molecule has 3 amide bonds. The fourth-order valence-electron chi connectivity index (χ4n) is 4.57. The Kier molecular flexibility index (Phi) is 6.90. The lowest BCUT2D eigenvalue weighted by molar-refractivity contribution is -0.139. The zero-order valence-corrected chi connectivity index (χ0v) is 23.0. The second kappa shape index (κ2) is 9.89. The molecule has 0 aromatic heterocycles. The summed E-state index contributed by atoms with van der Waals surface area (Å²) in [6.45, 7) is 4.11. The Bertz CT molecular complexity index is 1510. The van der Waals surface area contributed by atoms with Gasteiger partial charge in [0.2, 0.25) is 5.91 Å². The summed E-state index contributed by atoms with van der Waals surface area (Å²) in [6, 6.07) is 11.5. The maximum absolute atomic E-state index is 13.0. The van der Waals surface area contributed by atoms with Crippen LogP contribution in [0.3, 0.4) is 0 Å². The smallest absolute Gasteiger partial charge is 0.316 e. The third-order valence-electron chi connectivity index (χ3n) is 6.74. The lowest BCUT2D eigenvalue weighted by Gasteiger charge is -2.20. The summed E-state index contributed by atoms with van der Waals surface area (Å²) in [5.41, 5.74) is 2.74. The molecular formula is C27H18Cl4N2O5. The number of benzene rings is 3. The Morgan fingerprint density at radius 3 is 2.00 bits per heavy atom. The second-order valence-corrected chi connectivity index (χ2v) is 10.5. The molecule has 0 bridgehead atoms. The van der Waals surface area contributed by atoms with Gasteiger partial charge < -0.3 is 9.64 Å². The minimum atomic E-state index is -0.712. The Hall–Kier alpha value is -3.10. The average Bonchev–Trinajstić information content (AvgIpc) is 3.40. The highest BCUT2D eigenvalue weighted by Gasteiger charge is 2.42. The van der Waals surface area contributed by atoms with E-state index in [4.69, 9.17) is 51.1 Å². The summed E-state index contributed by atoms with van der Waals surface area (Å²) in [6.07, 6.45) is 0.0337. The molecule has 1 atom stereocenters. The van der Waals surface area contributed by atoms with Crippen molar-refractivity contribution in [1.82, 2.24) is 0 Å². The zero-order valence-electron chi connectivity index (χ0n) is 20.0. The van der Waals surface area contributed by atoms with E-state index in [0.29, 0.717) is 0 Å². The van der Waals surface area contributed by atoms with Crippen LogP contribution >= 0.6 is 46.4 Å². The van der Waals surface area contributed by atoms with E-state index in [0.717, 1.165) is 21.7 Å². The largest absolute Gasteiger partial charge is 0.426 e. The predicted octanol–water partition coefficient (Wildman–Crippen LogP) is 6.68. The SMILES string of the molecule is Cc1cccc(N2C[C@@H](C(=O)Oc3ccc(N4C(=O)c5c(Cl)c(Cl)c(Cl)c(Cl)c5C4=O)cc3)CC2=O)c1C. The molecule has 5 rings (SSSR count). The molecule has 0 unspecified atom stereocenters. The van der Waals surface area contributed by atoms with Crippen LogP contribution in [-0.4, -0.2) is 30.2 Å². The first kappa shape index (κ1) is 26.5. The van der Waals surface area contributed by atoms with Crippen LogP contribution in [0.4, 0.5) is 11.4 Å². The van der Waals surface area contributed by atoms with Crippen molar-refractivity contribution in [3.05, 3.63) is 84.8 Å². The van der Waals surface area contributed by atoms with Crippen LogP contribution in [0.15, 0.2) is 42.5 Å². The molecule has 0 saturated carbocycles. The fraction of sp³-hybridized carbons (Fsp3) is 0.185. The number of hydrogen-bond donors (Lipinski definition) is 0. The first-order valence-corrected chi connectivity index (χ1v) is 13.0. The quantitative estimate of drug-likeness (QED) is 0.111. The van der Waals surface area contributed by atoms with E-state index >= 15 is 0 Å². The number of hydrogen-bond acceptors (Lipinski definition) is 5. The van der Waals surface area contributed by atoms with E-state index in [1.165, 1.54) is 24.3 Å². The summed E-state index contributed by atoms with van der Waals surface area (Å²) < 4.78 is 5.50. The molecule has 0 spiro atoms. The highest BCUT2D eigenvalue weighted by atomic mass is 35.5. The Balaban J connectivity index is 1.32. The predicted molar refractivity (Wildman–Crippen MR) is 146 cm³/mol. The number of carbonyl (C=O) groups is 4. The van der Waals surface area contributed by atoms with E-state index in [-0.39, 0.29) is 61.5 Å². The van der Waals surface area contributed by atoms with Gasteiger partial charge in [-0.25, -0.2) is 4.90 Å². The van der Waals surface area contributed by atoms with Crippen molar-refractivity contribution >= 4 is 81.5 Å². The molecule has 194 valence electrons. The summed E-state index contributed by atoms with van der Waals surface area (Å²) in [4.78, 5) is 54.1. The minimum absolute atomic E-state index is 0.0337. The molecule has 0 N–H and O–H groups in total. The topological polar surface area (TPSA) is 84.0 Å². The standard InChI is InChI=1S/C27H18Cl4N2O5/c1-12-4-3-5-17(13(12)2)32-11-14(10-18(32)34)27(37)38-16-8-6-15(7-9-16)33-25(35)19-20(26(33)36)22(29)24(31)23(30)21(19)28/h3-9,14H,10-11H2,1-2H3/t14-/m0/s1. The number of imide groups is 1. The van der Waals surface area contributed by atoms with Crippen molar-refractivity contribution in [2.45, 2.75) is 20.3 Å². The number of halogens is 4. The van der Waals surface area contributed by atoms with E-state index in [1.54, 1.807) is 4.90 Å². The van der Waals surface area contributed by atoms with Crippen LogP contribution in [0.1, 0.15) is 38.3 Å². The number of carbonyl (C=O) groups excluding carboxylic acids is 4. The van der Waals surface area contributed by atoms with E-state index in [1.807, 2.05) is 32.0 Å². The molecule has 3 aromatic rings. The molecule has 2 aliphatic heterocycles. The molecular weight excluding hydrogens is 574 g/mol. The van der Waals surface area contributed by atoms with Crippen LogP contribution in [0, 0.1) is 19.8 Å². The molecule has 0 aliphatic carbocycles. The molecule has 3 aromatic carbocycles. The van der Waals surface area contributed by atoms with Gasteiger partial charge in [0.05, 0.1) is 42.8 Å². The number of esters is 1. The number of ether oxygens (including phenoxy) is 1. The highest BCUT2D eigenvalue weighted by Crippen LogP contribution is 2.45. The Morgan fingerprint density at radius 2 is 1.42 bits per heavy atom. The lowest BCUT2D eigenvalue weighted by Crippen LogP contribution is -2.29. The first-order valence-electron chi connectivity index (χ1n) is 11.4. The van der Waals surface area contributed by atoms with E-state index < -0.39 is 23.7 Å². The van der Waals surface area contributed by atoms with Crippen molar-refractivity contribution in [2.24, 2.45) is 5.92 Å². The summed E-state index contributed by atoms with van der Waals surface area (Å²) in [5, 5.41) is -0.570. The van der Waals surface area contributed by atoms with E-state index in [2.05, 4.69) is 0 Å². The number of amides is 3. The van der Waals surface area contributed by atoms with Crippen LogP contribution in [-0.2, 0) is 9.59 Å². The van der Waals surface area contributed by atoms with Gasteiger partial charge >= 0.3 is 5.97 Å². The molecule has 0 radical (unpaired) electrons. The second-order valence-electron chi connectivity index (χ2n) is 8.99. The van der Waals surface area contributed by atoms with Gasteiger partial charge in [0.15, 0.2) is 0 Å². The van der Waals surface area contributed by atoms with Crippen LogP contribution in [0.2, 0.25) is 20.1 Å². The number of anilines is 2. The van der Waals surface area contributed by atoms with Gasteiger partial charge in [-0.2, -0.15) is 0 Å². The van der Waals surface area contributed by atoms with Gasteiger partial charge in [-0.05, 0) is 55.3 Å². The van der Waals surface area contributed by atoms with Gasteiger partial charge in [-0.3, -0.25) is 19.2 Å². The maximum atomic E-state index is 13.0. The zero-order chi connectivity index (χ0) is 27.5. The van der Waals surface area contributed by atoms with Crippen molar-refractivity contribution in [2.75, 3.05) is 16.3 Å². The van der Waals surface area contributed by atoms with Crippen LogP contribution < -0.4 is 14.5 Å². The maximum Gasteiger partial charge on any atom is 0.316 e. The Labute approximate surface area is 237 Å². The van der Waals surface area contributed by atoms with Crippen molar-refractivity contribution in [3.8, 4) is 5.75 Å². The molecule has 11 heteroatoms. The molecule has 2 aliphatic rings. The third-order valence-corrected chi connectivity index (χ3v) is 8.54. The van der Waals surface area contributed by atoms with Gasteiger partial charge in [-0.1, -0.05) is 58.5 Å². The number of rotatable bonds is 4. The van der Waals surface area contributed by atoms with Crippen LogP contribution in [0.25, 0.3) is 0 Å². The highest BCUT2D eigenvalue weighted by molar-refractivity contribution is 6.56. The van der Waals surface area contributed by atoms with Gasteiger partial charge in [-0.15, -0.1) is 0 Å². The Morgan fingerprint density at radius 1 is 0.842 bits per heavy atom. The number of aryl methyl sites for hydroxylation is 1. The van der Waals surface area contributed by atoms with Crippen molar-refractivity contribution < 1.29 is 23.9 Å². The summed E-state index contributed by atoms with van der Waals surface area (Å²) in [7, 11) is 0. The summed E-state index contributed by atoms with van der Waals surface area (Å²) in [5.74, 6) is -2.58. The van der Waals surface area contributed by atoms with E-state index in [9.17, 15) is 19.2 Å². The van der Waals surface area contributed by atoms with Gasteiger partial charge in [0.25, 0.3) is 11.8 Å². The fourth-order valence-corrected chi connectivity index (χ4v) is 5.59. The molecule has 1 saturated heterocycles. The monoisotopic (exact) mass is 590 g/mol. The minimum Gasteiger partial charge on any atom is -0.426 e. The van der Waals surface area contributed by atoms with Gasteiger partial charge in [0, 0.05) is 18.7 Å².